The second kappa shape index (κ2) is 6.29. The highest BCUT2D eigenvalue weighted by Gasteiger charge is 2.38. The Morgan fingerprint density at radius 1 is 1.00 bits per heavy atom. The summed E-state index contributed by atoms with van der Waals surface area (Å²) in [6, 6.07) is 13.8. The lowest BCUT2D eigenvalue weighted by Gasteiger charge is -2.36. The zero-order valence-electron chi connectivity index (χ0n) is 13.3. The van der Waals surface area contributed by atoms with Crippen LogP contribution in [-0.2, 0) is 16.6 Å². The van der Waals surface area contributed by atoms with Crippen molar-refractivity contribution < 1.29 is 8.42 Å². The number of pyridine rings is 1. The number of halogens is 1. The van der Waals surface area contributed by atoms with Gasteiger partial charge in [0.2, 0.25) is 10.0 Å². The molecule has 0 N–H and O–H groups in total. The molecule has 0 spiro atoms. The van der Waals surface area contributed by atoms with E-state index < -0.39 is 16.1 Å². The fourth-order valence-corrected chi connectivity index (χ4v) is 5.36. The average Bonchev–Trinajstić information content (AvgIpc) is 3.10. The molecule has 0 amide bonds. The molecular formula is C18H16ClN3O2S. The summed E-state index contributed by atoms with van der Waals surface area (Å²) in [5.41, 5.74) is 1.82. The largest absolute Gasteiger partial charge is 0.348 e. The van der Waals surface area contributed by atoms with Crippen LogP contribution in [0.1, 0.15) is 17.3 Å². The fraction of sp³-hybridized carbons (Fsp3) is 0.167. The van der Waals surface area contributed by atoms with Crippen molar-refractivity contribution in [2.24, 2.45) is 0 Å². The van der Waals surface area contributed by atoms with E-state index in [0.29, 0.717) is 13.1 Å². The Balaban J connectivity index is 1.87. The van der Waals surface area contributed by atoms with Gasteiger partial charge in [-0.25, -0.2) is 8.42 Å². The minimum absolute atomic E-state index is 0.135. The van der Waals surface area contributed by atoms with Gasteiger partial charge in [-0.05, 0) is 42.0 Å². The summed E-state index contributed by atoms with van der Waals surface area (Å²) in [6.07, 6.45) is 5.33. The summed E-state index contributed by atoms with van der Waals surface area (Å²) in [5.74, 6) is 0. The molecule has 4 rings (SSSR count). The first kappa shape index (κ1) is 16.3. The van der Waals surface area contributed by atoms with Gasteiger partial charge in [0.25, 0.3) is 0 Å². The number of rotatable bonds is 3. The van der Waals surface area contributed by atoms with Gasteiger partial charge in [-0.3, -0.25) is 4.98 Å². The molecule has 3 heterocycles. The van der Waals surface area contributed by atoms with Gasteiger partial charge in [0, 0.05) is 37.4 Å². The molecule has 0 bridgehead atoms. The molecule has 25 heavy (non-hydrogen) atoms. The third-order valence-electron chi connectivity index (χ3n) is 4.44. The predicted molar refractivity (Wildman–Crippen MR) is 95.9 cm³/mol. The number of nitrogens with zero attached hydrogens (tertiary/aromatic N) is 3. The van der Waals surface area contributed by atoms with Crippen LogP contribution in [0.2, 0.25) is 5.02 Å². The Morgan fingerprint density at radius 2 is 1.76 bits per heavy atom. The van der Waals surface area contributed by atoms with Gasteiger partial charge in [0.1, 0.15) is 4.90 Å². The minimum Gasteiger partial charge on any atom is -0.348 e. The average molecular weight is 374 g/mol. The second-order valence-electron chi connectivity index (χ2n) is 5.86. The van der Waals surface area contributed by atoms with E-state index in [1.54, 1.807) is 36.7 Å². The van der Waals surface area contributed by atoms with E-state index in [1.807, 2.05) is 30.5 Å². The third kappa shape index (κ3) is 2.76. The van der Waals surface area contributed by atoms with E-state index in [-0.39, 0.29) is 9.92 Å². The van der Waals surface area contributed by atoms with E-state index in [2.05, 4.69) is 9.55 Å². The predicted octanol–water partition coefficient (Wildman–Crippen LogP) is 3.33. The maximum Gasteiger partial charge on any atom is 0.245 e. The van der Waals surface area contributed by atoms with Gasteiger partial charge in [0.15, 0.2) is 0 Å². The zero-order valence-corrected chi connectivity index (χ0v) is 14.9. The first-order chi connectivity index (χ1) is 12.1. The van der Waals surface area contributed by atoms with E-state index in [1.165, 1.54) is 4.31 Å². The molecule has 1 unspecified atom stereocenters. The van der Waals surface area contributed by atoms with E-state index in [9.17, 15) is 8.42 Å². The van der Waals surface area contributed by atoms with E-state index in [0.717, 1.165) is 11.3 Å². The normalized spacial score (nSPS) is 18.0. The van der Waals surface area contributed by atoms with Crippen LogP contribution >= 0.6 is 11.6 Å². The first-order valence-electron chi connectivity index (χ1n) is 7.90. The van der Waals surface area contributed by atoms with E-state index in [4.69, 9.17) is 11.6 Å². The summed E-state index contributed by atoms with van der Waals surface area (Å²) in [4.78, 5) is 4.18. The Morgan fingerprint density at radius 3 is 2.52 bits per heavy atom. The molecular weight excluding hydrogens is 358 g/mol. The number of sulfonamides is 1. The minimum atomic E-state index is -3.74. The molecule has 0 fully saturated rings. The second-order valence-corrected chi connectivity index (χ2v) is 8.12. The highest BCUT2D eigenvalue weighted by molar-refractivity contribution is 7.89. The van der Waals surface area contributed by atoms with Crippen molar-refractivity contribution >= 4 is 21.6 Å². The lowest BCUT2D eigenvalue weighted by atomic mass is 10.0. The lowest BCUT2D eigenvalue weighted by molar-refractivity contribution is 0.298. The molecule has 2 aromatic heterocycles. The van der Waals surface area contributed by atoms with Crippen molar-refractivity contribution in [3.05, 3.63) is 83.4 Å². The topological polar surface area (TPSA) is 55.2 Å². The smallest absolute Gasteiger partial charge is 0.245 e. The van der Waals surface area contributed by atoms with Crippen LogP contribution < -0.4 is 0 Å². The molecule has 0 saturated heterocycles. The first-order valence-corrected chi connectivity index (χ1v) is 9.72. The van der Waals surface area contributed by atoms with Gasteiger partial charge in [-0.15, -0.1) is 0 Å². The molecule has 5 nitrogen and oxygen atoms in total. The van der Waals surface area contributed by atoms with Crippen LogP contribution in [0, 0.1) is 0 Å². The Hall–Kier alpha value is -2.15. The number of aromatic nitrogens is 2. The Kier molecular flexibility index (Phi) is 4.11. The maximum absolute atomic E-state index is 13.3. The van der Waals surface area contributed by atoms with Crippen LogP contribution in [0.3, 0.4) is 0 Å². The van der Waals surface area contributed by atoms with Crippen molar-refractivity contribution in [1.29, 1.82) is 0 Å². The lowest BCUT2D eigenvalue weighted by Crippen LogP contribution is -2.42. The summed E-state index contributed by atoms with van der Waals surface area (Å²) < 4.78 is 30.3. The number of fused-ring (bicyclic) bond motifs is 1. The molecule has 0 radical (unpaired) electrons. The summed E-state index contributed by atoms with van der Waals surface area (Å²) in [5, 5.41) is 0.233. The third-order valence-corrected chi connectivity index (χ3v) is 6.80. The fourth-order valence-electron chi connectivity index (χ4n) is 3.28. The van der Waals surface area contributed by atoms with Crippen LogP contribution in [0.5, 0.6) is 0 Å². The van der Waals surface area contributed by atoms with Gasteiger partial charge in [-0.2, -0.15) is 4.31 Å². The zero-order chi connectivity index (χ0) is 17.4. The monoisotopic (exact) mass is 373 g/mol. The number of hydrogen-bond donors (Lipinski definition) is 0. The molecule has 3 aromatic rings. The van der Waals surface area contributed by atoms with Gasteiger partial charge in [0.05, 0.1) is 11.1 Å². The molecule has 0 aliphatic carbocycles. The molecule has 0 saturated carbocycles. The Bertz CT molecular complexity index is 1000. The van der Waals surface area contributed by atoms with Crippen molar-refractivity contribution in [2.45, 2.75) is 17.5 Å². The quantitative estimate of drug-likeness (QED) is 0.707. The summed E-state index contributed by atoms with van der Waals surface area (Å²) in [7, 11) is -3.74. The van der Waals surface area contributed by atoms with Crippen molar-refractivity contribution in [2.75, 3.05) is 6.54 Å². The summed E-state index contributed by atoms with van der Waals surface area (Å²) in [6.45, 7) is 0.982. The maximum atomic E-state index is 13.3. The van der Waals surface area contributed by atoms with Crippen LogP contribution in [0.15, 0.2) is 72.0 Å². The molecule has 1 aliphatic rings. The molecule has 7 heteroatoms. The van der Waals surface area contributed by atoms with Gasteiger partial charge >= 0.3 is 0 Å². The Labute approximate surface area is 151 Å². The highest BCUT2D eigenvalue weighted by Crippen LogP contribution is 2.37. The van der Waals surface area contributed by atoms with Crippen LogP contribution in [0.25, 0.3) is 0 Å². The SMILES string of the molecule is O=S(=O)(c1ccccc1Cl)N1CCn2cccc2C1c1ccncc1. The van der Waals surface area contributed by atoms with E-state index >= 15 is 0 Å². The van der Waals surface area contributed by atoms with Crippen LogP contribution in [0.4, 0.5) is 0 Å². The highest BCUT2D eigenvalue weighted by atomic mass is 35.5. The molecule has 1 atom stereocenters. The van der Waals surface area contributed by atoms with Gasteiger partial charge < -0.3 is 4.57 Å². The van der Waals surface area contributed by atoms with Crippen molar-refractivity contribution in [1.82, 2.24) is 13.9 Å². The molecule has 128 valence electrons. The number of hydrogen-bond acceptors (Lipinski definition) is 3. The summed E-state index contributed by atoms with van der Waals surface area (Å²) >= 11 is 6.18. The molecule has 1 aromatic carbocycles. The van der Waals surface area contributed by atoms with Crippen molar-refractivity contribution in [3.63, 3.8) is 0 Å². The van der Waals surface area contributed by atoms with Crippen LogP contribution in [-0.4, -0.2) is 28.8 Å². The molecule has 1 aliphatic heterocycles. The van der Waals surface area contributed by atoms with Crippen molar-refractivity contribution in [3.8, 4) is 0 Å². The number of benzene rings is 1. The standard InChI is InChI=1S/C18H16ClN3O2S/c19-15-4-1-2-6-17(15)25(23,24)22-13-12-21-11-3-5-16(21)18(22)14-7-9-20-10-8-14/h1-11,18H,12-13H2. The van der Waals surface area contributed by atoms with Gasteiger partial charge in [-0.1, -0.05) is 23.7 Å².